The first-order valence-corrected chi connectivity index (χ1v) is 10.0. The predicted molar refractivity (Wildman–Crippen MR) is 95.9 cm³/mol. The summed E-state index contributed by atoms with van der Waals surface area (Å²) in [5, 5.41) is 8.25. The summed E-state index contributed by atoms with van der Waals surface area (Å²) in [5.41, 5.74) is 0.928. The van der Waals surface area contributed by atoms with Crippen LogP contribution in [0.4, 0.5) is 0 Å². The molecule has 0 saturated heterocycles. The maximum Gasteiger partial charge on any atom is 0.240 e. The van der Waals surface area contributed by atoms with Crippen molar-refractivity contribution in [2.75, 3.05) is 13.6 Å². The lowest BCUT2D eigenvalue weighted by atomic mass is 10.1. The molecule has 1 N–H and O–H groups in total. The molecular formula is C17H23N5O3S. The Balaban J connectivity index is 1.61. The summed E-state index contributed by atoms with van der Waals surface area (Å²) in [5.74, 6) is 1.75. The Labute approximate surface area is 153 Å². The van der Waals surface area contributed by atoms with Crippen molar-refractivity contribution in [3.8, 4) is 0 Å². The standard InChI is InChI=1S/C17H23N5O3S/c1-12-10-21(11-16-20-19-13(2)22(12)16)17(23)9-6-14-4-7-15(8-5-14)26(24,25)18-3/h4-5,7-8,12,18H,6,9-11H2,1-3H3/t12-/m1/s1. The molecule has 140 valence electrons. The van der Waals surface area contributed by atoms with Crippen LogP contribution in [-0.2, 0) is 27.8 Å². The van der Waals surface area contributed by atoms with Crippen LogP contribution in [0.25, 0.3) is 0 Å². The summed E-state index contributed by atoms with van der Waals surface area (Å²) < 4.78 is 27.8. The number of amides is 1. The van der Waals surface area contributed by atoms with E-state index in [9.17, 15) is 13.2 Å². The van der Waals surface area contributed by atoms with E-state index in [0.717, 1.165) is 17.2 Å². The van der Waals surface area contributed by atoms with E-state index in [1.54, 1.807) is 24.3 Å². The number of nitrogens with zero attached hydrogens (tertiary/aromatic N) is 4. The van der Waals surface area contributed by atoms with Gasteiger partial charge in [-0.1, -0.05) is 12.1 Å². The first kappa shape index (κ1) is 18.5. The molecule has 0 bridgehead atoms. The molecule has 0 unspecified atom stereocenters. The number of hydrogen-bond acceptors (Lipinski definition) is 5. The third-order valence-corrected chi connectivity index (χ3v) is 6.11. The van der Waals surface area contributed by atoms with E-state index in [1.165, 1.54) is 7.05 Å². The van der Waals surface area contributed by atoms with Crippen LogP contribution in [0.15, 0.2) is 29.2 Å². The quantitative estimate of drug-likeness (QED) is 0.839. The molecule has 1 aliphatic heterocycles. The van der Waals surface area contributed by atoms with E-state index < -0.39 is 10.0 Å². The molecule has 0 fully saturated rings. The molecule has 26 heavy (non-hydrogen) atoms. The lowest BCUT2D eigenvalue weighted by molar-refractivity contribution is -0.133. The van der Waals surface area contributed by atoms with Crippen LogP contribution in [0.5, 0.6) is 0 Å². The van der Waals surface area contributed by atoms with Gasteiger partial charge in [0.1, 0.15) is 5.82 Å². The van der Waals surface area contributed by atoms with Gasteiger partial charge in [0.05, 0.1) is 17.5 Å². The summed E-state index contributed by atoms with van der Waals surface area (Å²) in [6, 6.07) is 6.76. The van der Waals surface area contributed by atoms with Gasteiger partial charge in [-0.2, -0.15) is 0 Å². The average molecular weight is 377 g/mol. The number of carbonyl (C=O) groups excluding carboxylic acids is 1. The fraction of sp³-hybridized carbons (Fsp3) is 0.471. The van der Waals surface area contributed by atoms with Gasteiger partial charge < -0.3 is 9.47 Å². The number of sulfonamides is 1. The minimum Gasteiger partial charge on any atom is -0.333 e. The van der Waals surface area contributed by atoms with Gasteiger partial charge in [0.15, 0.2) is 5.82 Å². The molecule has 2 heterocycles. The maximum absolute atomic E-state index is 12.6. The first-order valence-electron chi connectivity index (χ1n) is 8.52. The number of carbonyl (C=O) groups is 1. The Kier molecular flexibility index (Phi) is 5.10. The van der Waals surface area contributed by atoms with Crippen molar-refractivity contribution in [2.24, 2.45) is 0 Å². The smallest absolute Gasteiger partial charge is 0.240 e. The Morgan fingerprint density at radius 2 is 1.96 bits per heavy atom. The highest BCUT2D eigenvalue weighted by atomic mass is 32.2. The number of benzene rings is 1. The molecule has 1 aromatic carbocycles. The van der Waals surface area contributed by atoms with Crippen LogP contribution in [0.3, 0.4) is 0 Å². The normalized spacial score (nSPS) is 17.2. The van der Waals surface area contributed by atoms with Gasteiger partial charge in [-0.15, -0.1) is 10.2 Å². The van der Waals surface area contributed by atoms with Gasteiger partial charge in [0.2, 0.25) is 15.9 Å². The van der Waals surface area contributed by atoms with Crippen molar-refractivity contribution in [1.82, 2.24) is 24.4 Å². The number of aryl methyl sites for hydroxylation is 2. The number of nitrogens with one attached hydrogen (secondary N) is 1. The monoisotopic (exact) mass is 377 g/mol. The molecule has 0 aliphatic carbocycles. The zero-order chi connectivity index (χ0) is 18.9. The average Bonchev–Trinajstić information content (AvgIpc) is 3.01. The van der Waals surface area contributed by atoms with Crippen molar-refractivity contribution in [2.45, 2.75) is 44.2 Å². The van der Waals surface area contributed by atoms with Crippen molar-refractivity contribution >= 4 is 15.9 Å². The first-order chi connectivity index (χ1) is 12.3. The van der Waals surface area contributed by atoms with Gasteiger partial charge in [0, 0.05) is 13.0 Å². The number of hydrogen-bond donors (Lipinski definition) is 1. The van der Waals surface area contributed by atoms with Gasteiger partial charge >= 0.3 is 0 Å². The minimum absolute atomic E-state index is 0.0654. The molecule has 3 rings (SSSR count). The molecular weight excluding hydrogens is 354 g/mol. The van der Waals surface area contributed by atoms with Crippen molar-refractivity contribution in [1.29, 1.82) is 0 Å². The van der Waals surface area contributed by atoms with E-state index in [2.05, 4.69) is 26.4 Å². The molecule has 9 heteroatoms. The van der Waals surface area contributed by atoms with Crippen molar-refractivity contribution < 1.29 is 13.2 Å². The second-order valence-corrected chi connectivity index (χ2v) is 8.39. The Morgan fingerprint density at radius 1 is 1.27 bits per heavy atom. The van der Waals surface area contributed by atoms with Crippen LogP contribution >= 0.6 is 0 Å². The van der Waals surface area contributed by atoms with Crippen molar-refractivity contribution in [3.05, 3.63) is 41.5 Å². The van der Waals surface area contributed by atoms with Crippen LogP contribution in [-0.4, -0.2) is 47.6 Å². The van der Waals surface area contributed by atoms with Crippen molar-refractivity contribution in [3.63, 3.8) is 0 Å². The number of rotatable bonds is 5. The third kappa shape index (κ3) is 3.63. The molecule has 1 aromatic heterocycles. The van der Waals surface area contributed by atoms with Crippen LogP contribution < -0.4 is 4.72 Å². The Bertz CT molecular complexity index is 905. The fourth-order valence-electron chi connectivity index (χ4n) is 3.28. The second kappa shape index (κ2) is 7.16. The molecule has 1 atom stereocenters. The molecule has 0 saturated carbocycles. The highest BCUT2D eigenvalue weighted by molar-refractivity contribution is 7.89. The molecule has 8 nitrogen and oxygen atoms in total. The molecule has 1 amide bonds. The third-order valence-electron chi connectivity index (χ3n) is 4.68. The molecule has 0 radical (unpaired) electrons. The lowest BCUT2D eigenvalue weighted by Crippen LogP contribution is -2.40. The van der Waals surface area contributed by atoms with Gasteiger partial charge in [-0.25, -0.2) is 13.1 Å². The van der Waals surface area contributed by atoms with Gasteiger partial charge in [-0.05, 0) is 45.0 Å². The summed E-state index contributed by atoms with van der Waals surface area (Å²) >= 11 is 0. The number of aromatic nitrogens is 3. The van der Waals surface area contributed by atoms with Crippen LogP contribution in [0, 0.1) is 6.92 Å². The Morgan fingerprint density at radius 3 is 2.62 bits per heavy atom. The van der Waals surface area contributed by atoms with Crippen LogP contribution in [0.2, 0.25) is 0 Å². The second-order valence-electron chi connectivity index (χ2n) is 6.51. The zero-order valence-corrected chi connectivity index (χ0v) is 16.0. The van der Waals surface area contributed by atoms with E-state index >= 15 is 0 Å². The maximum atomic E-state index is 12.6. The summed E-state index contributed by atoms with van der Waals surface area (Å²) in [7, 11) is -2.06. The van der Waals surface area contributed by atoms with Crippen LogP contribution in [0.1, 0.15) is 36.6 Å². The largest absolute Gasteiger partial charge is 0.333 e. The van der Waals surface area contributed by atoms with E-state index in [-0.39, 0.29) is 16.8 Å². The van der Waals surface area contributed by atoms with Gasteiger partial charge in [0.25, 0.3) is 0 Å². The predicted octanol–water partition coefficient (Wildman–Crippen LogP) is 1.03. The highest BCUT2D eigenvalue weighted by Crippen LogP contribution is 2.22. The summed E-state index contributed by atoms with van der Waals surface area (Å²) in [4.78, 5) is 14.6. The fourth-order valence-corrected chi connectivity index (χ4v) is 4.01. The summed E-state index contributed by atoms with van der Waals surface area (Å²) in [6.07, 6.45) is 0.938. The van der Waals surface area contributed by atoms with E-state index in [0.29, 0.717) is 25.9 Å². The van der Waals surface area contributed by atoms with E-state index in [4.69, 9.17) is 0 Å². The minimum atomic E-state index is -3.44. The summed E-state index contributed by atoms with van der Waals surface area (Å²) in [6.45, 7) is 5.09. The number of fused-ring (bicyclic) bond motifs is 1. The Hall–Kier alpha value is -2.26. The molecule has 2 aromatic rings. The molecule has 1 aliphatic rings. The van der Waals surface area contributed by atoms with Gasteiger partial charge in [-0.3, -0.25) is 4.79 Å². The zero-order valence-electron chi connectivity index (χ0n) is 15.1. The highest BCUT2D eigenvalue weighted by Gasteiger charge is 2.27. The SMILES string of the molecule is CNS(=O)(=O)c1ccc(CCC(=O)N2Cc3nnc(C)n3[C@H](C)C2)cc1. The lowest BCUT2D eigenvalue weighted by Gasteiger charge is -2.32. The molecule has 0 spiro atoms. The van der Waals surface area contributed by atoms with E-state index in [1.807, 2.05) is 11.8 Å². The topological polar surface area (TPSA) is 97.2 Å².